The van der Waals surface area contributed by atoms with E-state index in [-0.39, 0.29) is 30.3 Å². The molecule has 0 bridgehead atoms. The maximum absolute atomic E-state index is 11.7. The number of nitrogens with one attached hydrogen (secondary N) is 1. The van der Waals surface area contributed by atoms with Crippen LogP contribution in [0.25, 0.3) is 0 Å². The normalized spacial score (nSPS) is 21.9. The highest BCUT2D eigenvalue weighted by molar-refractivity contribution is 5.85. The second-order valence-corrected chi connectivity index (χ2v) is 4.71. The Morgan fingerprint density at radius 3 is 2.84 bits per heavy atom. The molecule has 1 heterocycles. The number of halogens is 1. The van der Waals surface area contributed by atoms with Crippen LogP contribution >= 0.6 is 12.4 Å². The molecule has 2 atom stereocenters. The van der Waals surface area contributed by atoms with Crippen LogP contribution in [0.3, 0.4) is 0 Å². The van der Waals surface area contributed by atoms with Gasteiger partial charge in [-0.25, -0.2) is 0 Å². The average Bonchev–Trinajstić information content (AvgIpc) is 2.89. The summed E-state index contributed by atoms with van der Waals surface area (Å²) in [5, 5.41) is 6.29. The number of hydrogen-bond donors (Lipinski definition) is 3. The molecule has 5 N–H and O–H groups in total. The van der Waals surface area contributed by atoms with Gasteiger partial charge >= 0.3 is 0 Å². The molecule has 1 amide bonds. The van der Waals surface area contributed by atoms with Gasteiger partial charge in [0.05, 0.1) is 0 Å². The van der Waals surface area contributed by atoms with Gasteiger partial charge < -0.3 is 21.3 Å². The van der Waals surface area contributed by atoms with Gasteiger partial charge in [0.15, 0.2) is 0 Å². The van der Waals surface area contributed by atoms with Gasteiger partial charge in [0.2, 0.25) is 11.8 Å². The third-order valence-corrected chi connectivity index (χ3v) is 3.31. The van der Waals surface area contributed by atoms with Gasteiger partial charge in [-0.1, -0.05) is 6.42 Å². The van der Waals surface area contributed by atoms with Crippen LogP contribution in [0.15, 0.2) is 4.52 Å². The number of anilines is 1. The monoisotopic (exact) mass is 289 g/mol. The molecule has 0 radical (unpaired) electrons. The van der Waals surface area contributed by atoms with Crippen LogP contribution < -0.4 is 16.8 Å². The van der Waals surface area contributed by atoms with Gasteiger partial charge in [-0.2, -0.15) is 4.98 Å². The summed E-state index contributed by atoms with van der Waals surface area (Å²) >= 11 is 0. The lowest BCUT2D eigenvalue weighted by atomic mass is 10.00. The van der Waals surface area contributed by atoms with Crippen molar-refractivity contribution < 1.29 is 9.32 Å². The van der Waals surface area contributed by atoms with E-state index in [0.717, 1.165) is 19.3 Å². The number of carbonyl (C=O) groups excluding carboxylic acids is 1. The summed E-state index contributed by atoms with van der Waals surface area (Å²) in [4.78, 5) is 15.5. The van der Waals surface area contributed by atoms with Gasteiger partial charge in [0.1, 0.15) is 0 Å². The highest BCUT2D eigenvalue weighted by Crippen LogP contribution is 2.26. The number of amides is 1. The number of carbonyl (C=O) groups is 1. The summed E-state index contributed by atoms with van der Waals surface area (Å²) in [5.41, 5.74) is 11.2. The Kier molecular flexibility index (Phi) is 6.04. The Hall–Kier alpha value is -1.34. The van der Waals surface area contributed by atoms with Crippen molar-refractivity contribution in [3.05, 3.63) is 5.89 Å². The number of nitrogen functional groups attached to an aromatic ring is 1. The van der Waals surface area contributed by atoms with E-state index in [0.29, 0.717) is 31.2 Å². The molecule has 1 aromatic heterocycles. The van der Waals surface area contributed by atoms with E-state index in [2.05, 4.69) is 15.5 Å². The molecule has 8 heteroatoms. The van der Waals surface area contributed by atoms with E-state index in [1.54, 1.807) is 0 Å². The predicted octanol–water partition coefficient (Wildman–Crippen LogP) is 0.250. The highest BCUT2D eigenvalue weighted by Gasteiger charge is 2.25. The van der Waals surface area contributed by atoms with Gasteiger partial charge in [-0.05, 0) is 23.9 Å². The number of nitrogens with zero attached hydrogens (tertiary/aromatic N) is 2. The zero-order valence-corrected chi connectivity index (χ0v) is 11.5. The highest BCUT2D eigenvalue weighted by atomic mass is 35.5. The molecule has 2 rings (SSSR count). The lowest BCUT2D eigenvalue weighted by Crippen LogP contribution is -2.32. The van der Waals surface area contributed by atoms with Crippen LogP contribution in [0.4, 0.5) is 5.95 Å². The number of hydrogen-bond acceptors (Lipinski definition) is 6. The molecule has 0 spiro atoms. The van der Waals surface area contributed by atoms with E-state index >= 15 is 0 Å². The minimum Gasteiger partial charge on any atom is -0.365 e. The van der Waals surface area contributed by atoms with E-state index < -0.39 is 0 Å². The quantitative estimate of drug-likeness (QED) is 0.714. The first-order valence-electron chi connectivity index (χ1n) is 6.25. The van der Waals surface area contributed by atoms with Crippen LogP contribution in [0, 0.1) is 5.92 Å². The van der Waals surface area contributed by atoms with Crippen LogP contribution in [0.5, 0.6) is 0 Å². The Morgan fingerprint density at radius 1 is 1.47 bits per heavy atom. The third kappa shape index (κ3) is 4.68. The molecule has 19 heavy (non-hydrogen) atoms. The fourth-order valence-corrected chi connectivity index (χ4v) is 2.31. The minimum atomic E-state index is 0. The molecule has 0 unspecified atom stereocenters. The molecule has 1 aliphatic carbocycles. The standard InChI is InChI=1S/C11H19N5O2.ClH/c12-8-3-1-2-7(8)6-9(17)14-5-4-10-15-11(13)16-18-10;/h7-8H,1-6,12H2,(H2,13,16)(H,14,17);1H/t7-,8+;/m0./s1. The van der Waals surface area contributed by atoms with Crippen molar-refractivity contribution in [1.82, 2.24) is 15.5 Å². The van der Waals surface area contributed by atoms with Crippen LogP contribution in [-0.4, -0.2) is 28.6 Å². The molecular weight excluding hydrogens is 270 g/mol. The first kappa shape index (κ1) is 15.7. The molecule has 7 nitrogen and oxygen atoms in total. The largest absolute Gasteiger partial charge is 0.365 e. The van der Waals surface area contributed by atoms with Gasteiger partial charge in [0.25, 0.3) is 5.95 Å². The van der Waals surface area contributed by atoms with Crippen LogP contribution in [-0.2, 0) is 11.2 Å². The van der Waals surface area contributed by atoms with Crippen molar-refractivity contribution in [1.29, 1.82) is 0 Å². The predicted molar refractivity (Wildman–Crippen MR) is 72.6 cm³/mol. The third-order valence-electron chi connectivity index (χ3n) is 3.31. The Bertz CT molecular complexity index is 412. The minimum absolute atomic E-state index is 0. The summed E-state index contributed by atoms with van der Waals surface area (Å²) in [5.74, 6) is 0.910. The van der Waals surface area contributed by atoms with E-state index in [9.17, 15) is 4.79 Å². The summed E-state index contributed by atoms with van der Waals surface area (Å²) in [6.45, 7) is 0.475. The zero-order chi connectivity index (χ0) is 13.0. The van der Waals surface area contributed by atoms with Crippen molar-refractivity contribution >= 4 is 24.3 Å². The topological polar surface area (TPSA) is 120 Å². The number of aromatic nitrogens is 2. The van der Waals surface area contributed by atoms with Gasteiger partial charge in [0, 0.05) is 25.4 Å². The maximum atomic E-state index is 11.7. The molecule has 1 aromatic rings. The summed E-state index contributed by atoms with van der Waals surface area (Å²) < 4.78 is 4.84. The molecule has 1 aliphatic rings. The Labute approximate surface area is 117 Å². The van der Waals surface area contributed by atoms with E-state index in [4.69, 9.17) is 16.0 Å². The average molecular weight is 290 g/mol. The van der Waals surface area contributed by atoms with Crippen molar-refractivity contribution in [2.45, 2.75) is 38.1 Å². The first-order valence-corrected chi connectivity index (χ1v) is 6.25. The SMILES string of the molecule is Cl.Nc1noc(CCNC(=O)C[C@@H]2CCC[C@H]2N)n1. The van der Waals surface area contributed by atoms with Crippen molar-refractivity contribution in [3.8, 4) is 0 Å². The summed E-state index contributed by atoms with van der Waals surface area (Å²) in [7, 11) is 0. The second-order valence-electron chi connectivity index (χ2n) is 4.71. The van der Waals surface area contributed by atoms with Gasteiger partial charge in [-0.3, -0.25) is 4.79 Å². The Balaban J connectivity index is 0.00000180. The van der Waals surface area contributed by atoms with Crippen molar-refractivity contribution in [2.24, 2.45) is 11.7 Å². The lowest BCUT2D eigenvalue weighted by molar-refractivity contribution is -0.122. The van der Waals surface area contributed by atoms with E-state index in [1.165, 1.54) is 0 Å². The Morgan fingerprint density at radius 2 is 2.26 bits per heavy atom. The fourth-order valence-electron chi connectivity index (χ4n) is 2.31. The lowest BCUT2D eigenvalue weighted by Gasteiger charge is -2.14. The molecule has 0 saturated heterocycles. The summed E-state index contributed by atoms with van der Waals surface area (Å²) in [6, 6.07) is 0.173. The maximum Gasteiger partial charge on any atom is 0.260 e. The van der Waals surface area contributed by atoms with Gasteiger partial charge in [-0.15, -0.1) is 12.4 Å². The van der Waals surface area contributed by atoms with Crippen LogP contribution in [0.1, 0.15) is 31.6 Å². The van der Waals surface area contributed by atoms with Crippen molar-refractivity contribution in [3.63, 3.8) is 0 Å². The van der Waals surface area contributed by atoms with Crippen molar-refractivity contribution in [2.75, 3.05) is 12.3 Å². The summed E-state index contributed by atoms with van der Waals surface area (Å²) in [6.07, 6.45) is 4.20. The molecule has 0 aromatic carbocycles. The van der Waals surface area contributed by atoms with Crippen LogP contribution in [0.2, 0.25) is 0 Å². The molecular formula is C11H20ClN5O2. The van der Waals surface area contributed by atoms with E-state index in [1.807, 2.05) is 0 Å². The molecule has 1 saturated carbocycles. The fraction of sp³-hybridized carbons (Fsp3) is 0.727. The first-order chi connectivity index (χ1) is 8.65. The second kappa shape index (κ2) is 7.30. The smallest absolute Gasteiger partial charge is 0.260 e. The number of nitrogens with two attached hydrogens (primary N) is 2. The zero-order valence-electron chi connectivity index (χ0n) is 10.7. The molecule has 1 fully saturated rings. The molecule has 0 aliphatic heterocycles. The number of rotatable bonds is 5. The molecule has 108 valence electrons.